The molecule has 0 bridgehead atoms. The van der Waals surface area contributed by atoms with E-state index in [1.807, 2.05) is 6.92 Å². The molecule has 1 rings (SSSR count). The van der Waals surface area contributed by atoms with Crippen molar-refractivity contribution in [2.24, 2.45) is 11.0 Å². The molecule has 0 fully saturated rings. The van der Waals surface area contributed by atoms with E-state index >= 15 is 0 Å². The van der Waals surface area contributed by atoms with Crippen LogP contribution in [0.1, 0.15) is 6.92 Å². The number of alkyl halides is 3. The van der Waals surface area contributed by atoms with Crippen LogP contribution >= 0.6 is 12.2 Å². The first-order valence-corrected chi connectivity index (χ1v) is 4.45. The lowest BCUT2D eigenvalue weighted by atomic mass is 10.2. The Hall–Kier alpha value is -0.850. The van der Waals surface area contributed by atoms with Gasteiger partial charge in [0.15, 0.2) is 5.11 Å². The second-order valence-corrected chi connectivity index (χ2v) is 3.48. The van der Waals surface area contributed by atoms with Crippen LogP contribution in [0.3, 0.4) is 0 Å². The normalized spacial score (nSPS) is 21.4. The maximum absolute atomic E-state index is 11.8. The third-order valence-electron chi connectivity index (χ3n) is 1.60. The van der Waals surface area contributed by atoms with Gasteiger partial charge in [0.25, 0.3) is 0 Å². The van der Waals surface area contributed by atoms with E-state index in [1.165, 1.54) is 5.01 Å². The minimum atomic E-state index is -4.25. The summed E-state index contributed by atoms with van der Waals surface area (Å²) in [4.78, 5) is 0. The van der Waals surface area contributed by atoms with Crippen LogP contribution in [0, 0.1) is 5.92 Å². The number of nitrogens with zero attached hydrogens (tertiary/aromatic N) is 2. The molecule has 1 unspecified atom stereocenters. The van der Waals surface area contributed by atoms with Crippen LogP contribution < -0.4 is 5.32 Å². The van der Waals surface area contributed by atoms with Crippen molar-refractivity contribution in [2.75, 3.05) is 13.1 Å². The van der Waals surface area contributed by atoms with Crippen molar-refractivity contribution in [1.82, 2.24) is 10.3 Å². The van der Waals surface area contributed by atoms with Gasteiger partial charge >= 0.3 is 6.18 Å². The van der Waals surface area contributed by atoms with Crippen molar-refractivity contribution in [3.63, 3.8) is 0 Å². The molecule has 0 saturated carbocycles. The van der Waals surface area contributed by atoms with Gasteiger partial charge < -0.3 is 5.32 Å². The maximum Gasteiger partial charge on any atom is 0.405 e. The zero-order chi connectivity index (χ0) is 10.8. The summed E-state index contributed by atoms with van der Waals surface area (Å²) >= 11 is 4.74. The second-order valence-electron chi connectivity index (χ2n) is 3.10. The van der Waals surface area contributed by atoms with E-state index in [-0.39, 0.29) is 11.0 Å². The van der Waals surface area contributed by atoms with Crippen molar-refractivity contribution in [2.45, 2.75) is 13.1 Å². The van der Waals surface area contributed by atoms with E-state index in [0.717, 1.165) is 0 Å². The molecule has 1 aliphatic heterocycles. The maximum atomic E-state index is 11.8. The molecule has 1 N–H and O–H groups in total. The van der Waals surface area contributed by atoms with Crippen LogP contribution in [-0.4, -0.2) is 35.6 Å². The molecule has 0 radical (unpaired) electrons. The highest BCUT2D eigenvalue weighted by Crippen LogP contribution is 2.13. The molecule has 0 aromatic rings. The summed E-state index contributed by atoms with van der Waals surface area (Å²) in [5.74, 6) is 0.223. The topological polar surface area (TPSA) is 27.6 Å². The molecule has 14 heavy (non-hydrogen) atoms. The summed E-state index contributed by atoms with van der Waals surface area (Å²) in [6, 6.07) is 0. The largest absolute Gasteiger partial charge is 0.405 e. The predicted molar refractivity (Wildman–Crippen MR) is 51.0 cm³/mol. The zero-order valence-electron chi connectivity index (χ0n) is 7.51. The van der Waals surface area contributed by atoms with Crippen molar-refractivity contribution in [1.29, 1.82) is 0 Å². The highest BCUT2D eigenvalue weighted by atomic mass is 32.1. The van der Waals surface area contributed by atoms with E-state index < -0.39 is 12.7 Å². The van der Waals surface area contributed by atoms with Crippen LogP contribution in [0.4, 0.5) is 13.2 Å². The van der Waals surface area contributed by atoms with Gasteiger partial charge in [-0.25, -0.2) is 5.01 Å². The van der Waals surface area contributed by atoms with Gasteiger partial charge in [-0.2, -0.15) is 18.3 Å². The number of hydrogen-bond acceptors (Lipinski definition) is 2. The zero-order valence-corrected chi connectivity index (χ0v) is 8.32. The number of hydrazone groups is 1. The summed E-state index contributed by atoms with van der Waals surface area (Å²) in [5.41, 5.74) is 0. The number of hydrogen-bond donors (Lipinski definition) is 1. The van der Waals surface area contributed by atoms with Crippen molar-refractivity contribution in [3.05, 3.63) is 0 Å². The van der Waals surface area contributed by atoms with E-state index in [4.69, 9.17) is 12.2 Å². The minimum Gasteiger partial charge on any atom is -0.352 e. The second kappa shape index (κ2) is 4.12. The summed E-state index contributed by atoms with van der Waals surface area (Å²) in [5, 5.41) is 7.33. The highest BCUT2D eigenvalue weighted by Gasteiger charge is 2.28. The Balaban J connectivity index is 2.33. The SMILES string of the molecule is CC1C=NN(C(=S)NCC(F)(F)F)C1. The Labute approximate surface area is 85.0 Å². The average molecular weight is 225 g/mol. The Kier molecular flexibility index (Phi) is 3.30. The Morgan fingerprint density at radius 2 is 2.36 bits per heavy atom. The first-order chi connectivity index (χ1) is 6.38. The summed E-state index contributed by atoms with van der Waals surface area (Å²) in [6.45, 7) is 1.33. The fourth-order valence-corrected chi connectivity index (χ4v) is 1.16. The van der Waals surface area contributed by atoms with Crippen molar-refractivity contribution >= 4 is 23.5 Å². The van der Waals surface area contributed by atoms with Gasteiger partial charge in [-0.15, -0.1) is 0 Å². The molecule has 0 aromatic heterocycles. The van der Waals surface area contributed by atoms with Crippen molar-refractivity contribution in [3.8, 4) is 0 Å². The lowest BCUT2D eigenvalue weighted by Crippen LogP contribution is -2.40. The van der Waals surface area contributed by atoms with Gasteiger partial charge in [0.2, 0.25) is 0 Å². The van der Waals surface area contributed by atoms with Crippen molar-refractivity contribution < 1.29 is 13.2 Å². The van der Waals surface area contributed by atoms with Gasteiger partial charge in [-0.05, 0) is 12.2 Å². The van der Waals surface area contributed by atoms with E-state index in [1.54, 1.807) is 6.21 Å². The smallest absolute Gasteiger partial charge is 0.352 e. The lowest BCUT2D eigenvalue weighted by molar-refractivity contribution is -0.122. The number of halogens is 3. The molecule has 0 aliphatic carbocycles. The molecular formula is C7H10F3N3S. The van der Waals surface area contributed by atoms with Gasteiger partial charge in [0.05, 0.1) is 6.54 Å². The average Bonchev–Trinajstić information content (AvgIpc) is 2.46. The third-order valence-corrected chi connectivity index (χ3v) is 1.95. The van der Waals surface area contributed by atoms with E-state index in [9.17, 15) is 13.2 Å². The molecule has 1 heterocycles. The third kappa shape index (κ3) is 3.49. The van der Waals surface area contributed by atoms with E-state index in [0.29, 0.717) is 6.54 Å². The van der Waals surface area contributed by atoms with Crippen LogP contribution in [0.5, 0.6) is 0 Å². The number of rotatable bonds is 1. The Morgan fingerprint density at radius 3 is 2.79 bits per heavy atom. The molecule has 3 nitrogen and oxygen atoms in total. The highest BCUT2D eigenvalue weighted by molar-refractivity contribution is 7.80. The van der Waals surface area contributed by atoms with Crippen LogP contribution in [-0.2, 0) is 0 Å². The molecule has 80 valence electrons. The number of thiocarbonyl (C=S) groups is 1. The number of nitrogens with one attached hydrogen (secondary N) is 1. The van der Waals surface area contributed by atoms with Crippen LogP contribution in [0.25, 0.3) is 0 Å². The quantitative estimate of drug-likeness (QED) is 0.683. The molecule has 0 saturated heterocycles. The molecule has 1 atom stereocenters. The summed E-state index contributed by atoms with van der Waals surface area (Å²) in [7, 11) is 0. The predicted octanol–water partition coefficient (Wildman–Crippen LogP) is 1.36. The van der Waals surface area contributed by atoms with Crippen LogP contribution in [0.15, 0.2) is 5.10 Å². The summed E-state index contributed by atoms with van der Waals surface area (Å²) in [6.07, 6.45) is -2.60. The lowest BCUT2D eigenvalue weighted by Gasteiger charge is -2.17. The molecule has 1 aliphatic rings. The Morgan fingerprint density at radius 1 is 1.71 bits per heavy atom. The monoisotopic (exact) mass is 225 g/mol. The first-order valence-electron chi connectivity index (χ1n) is 4.05. The molecule has 0 spiro atoms. The fraction of sp³-hybridized carbons (Fsp3) is 0.714. The first kappa shape index (κ1) is 11.2. The van der Waals surface area contributed by atoms with Gasteiger partial charge in [0, 0.05) is 12.1 Å². The molecule has 0 aromatic carbocycles. The Bertz CT molecular complexity index is 251. The van der Waals surface area contributed by atoms with Gasteiger partial charge in [0.1, 0.15) is 6.54 Å². The minimum absolute atomic E-state index is 0.0166. The van der Waals surface area contributed by atoms with E-state index in [2.05, 4.69) is 10.4 Å². The molecule has 7 heteroatoms. The standard InChI is InChI=1S/C7H10F3N3S/c1-5-2-12-13(3-5)6(14)11-4-7(8,9)10/h2,5H,3-4H2,1H3,(H,11,14). The van der Waals surface area contributed by atoms with Crippen LogP contribution in [0.2, 0.25) is 0 Å². The molecular weight excluding hydrogens is 215 g/mol. The van der Waals surface area contributed by atoms with Gasteiger partial charge in [-0.1, -0.05) is 6.92 Å². The fourth-order valence-electron chi connectivity index (χ4n) is 0.964. The molecule has 0 amide bonds. The van der Waals surface area contributed by atoms with Gasteiger partial charge in [-0.3, -0.25) is 0 Å². The summed E-state index contributed by atoms with van der Waals surface area (Å²) < 4.78 is 35.4.